The fraction of sp³-hybridized carbons (Fsp3) is 1.00. The van der Waals surface area contributed by atoms with Crippen LogP contribution in [-0.2, 0) is 4.74 Å². The highest BCUT2D eigenvalue weighted by molar-refractivity contribution is 8.00. The van der Waals surface area contributed by atoms with Crippen LogP contribution in [0.2, 0.25) is 0 Å². The van der Waals surface area contributed by atoms with Crippen molar-refractivity contribution in [2.24, 2.45) is 0 Å². The second-order valence-electron chi connectivity index (χ2n) is 2.77. The van der Waals surface area contributed by atoms with Crippen LogP contribution in [0.4, 0.5) is 0 Å². The van der Waals surface area contributed by atoms with E-state index in [1.54, 1.807) is 0 Å². The standard InChI is InChI=1S/C8H16OS/c1-3-4-8-5-6-9-7(2)10-8/h7-8H,3-6H2,1-2H3. The third kappa shape index (κ3) is 2.51. The molecule has 0 aliphatic carbocycles. The molecule has 0 amide bonds. The first-order valence-corrected chi connectivity index (χ1v) is 5.04. The van der Waals surface area contributed by atoms with Gasteiger partial charge in [-0.3, -0.25) is 0 Å². The van der Waals surface area contributed by atoms with Gasteiger partial charge in [0.25, 0.3) is 0 Å². The molecule has 10 heavy (non-hydrogen) atoms. The summed E-state index contributed by atoms with van der Waals surface area (Å²) in [5, 5.41) is 0.869. The van der Waals surface area contributed by atoms with Gasteiger partial charge in [0.1, 0.15) is 5.44 Å². The van der Waals surface area contributed by atoms with Crippen LogP contribution in [0, 0.1) is 0 Å². The van der Waals surface area contributed by atoms with Crippen LogP contribution in [-0.4, -0.2) is 17.3 Å². The average molecular weight is 160 g/mol. The van der Waals surface area contributed by atoms with Gasteiger partial charge in [-0.05, 0) is 19.8 Å². The van der Waals surface area contributed by atoms with E-state index in [0.717, 1.165) is 11.9 Å². The van der Waals surface area contributed by atoms with E-state index in [2.05, 4.69) is 13.8 Å². The van der Waals surface area contributed by atoms with Gasteiger partial charge in [0.05, 0.1) is 0 Å². The molecular formula is C8H16OS. The van der Waals surface area contributed by atoms with E-state index in [0.29, 0.717) is 5.44 Å². The predicted molar refractivity (Wildman–Crippen MR) is 46.3 cm³/mol. The highest BCUT2D eigenvalue weighted by Gasteiger charge is 2.18. The predicted octanol–water partition coefficient (Wildman–Crippen LogP) is 2.65. The van der Waals surface area contributed by atoms with Crippen molar-refractivity contribution in [3.63, 3.8) is 0 Å². The number of hydrogen-bond acceptors (Lipinski definition) is 2. The van der Waals surface area contributed by atoms with Crippen molar-refractivity contribution in [3.05, 3.63) is 0 Å². The third-order valence-electron chi connectivity index (χ3n) is 1.79. The second kappa shape index (κ2) is 4.24. The summed E-state index contributed by atoms with van der Waals surface area (Å²) in [6, 6.07) is 0. The molecule has 1 heterocycles. The second-order valence-corrected chi connectivity index (χ2v) is 4.38. The van der Waals surface area contributed by atoms with E-state index in [1.807, 2.05) is 11.8 Å². The molecule has 2 atom stereocenters. The van der Waals surface area contributed by atoms with E-state index >= 15 is 0 Å². The molecule has 0 saturated carbocycles. The zero-order chi connectivity index (χ0) is 7.40. The number of ether oxygens (including phenoxy) is 1. The molecule has 0 aromatic rings. The average Bonchev–Trinajstić information content (AvgIpc) is 1.88. The summed E-state index contributed by atoms with van der Waals surface area (Å²) in [5.41, 5.74) is 0.435. The molecule has 1 fully saturated rings. The fourth-order valence-corrected chi connectivity index (χ4v) is 2.60. The summed E-state index contributed by atoms with van der Waals surface area (Å²) >= 11 is 1.99. The minimum atomic E-state index is 0.435. The van der Waals surface area contributed by atoms with E-state index in [4.69, 9.17) is 4.74 Å². The Morgan fingerprint density at radius 2 is 2.40 bits per heavy atom. The van der Waals surface area contributed by atoms with Crippen LogP contribution >= 0.6 is 11.8 Å². The van der Waals surface area contributed by atoms with Gasteiger partial charge < -0.3 is 4.74 Å². The van der Waals surface area contributed by atoms with Crippen molar-refractivity contribution in [3.8, 4) is 0 Å². The first kappa shape index (κ1) is 8.41. The third-order valence-corrected chi connectivity index (χ3v) is 3.16. The molecule has 0 bridgehead atoms. The molecule has 0 spiro atoms. The smallest absolute Gasteiger partial charge is 0.100 e. The van der Waals surface area contributed by atoms with Crippen molar-refractivity contribution in [2.45, 2.75) is 43.8 Å². The largest absolute Gasteiger partial charge is 0.368 e. The SMILES string of the molecule is CCCC1CCOC(C)S1. The van der Waals surface area contributed by atoms with Crippen LogP contribution in [0.15, 0.2) is 0 Å². The van der Waals surface area contributed by atoms with Crippen molar-refractivity contribution in [1.82, 2.24) is 0 Å². The molecule has 2 heteroatoms. The minimum absolute atomic E-state index is 0.435. The summed E-state index contributed by atoms with van der Waals surface area (Å²) in [7, 11) is 0. The zero-order valence-electron chi connectivity index (χ0n) is 6.80. The van der Waals surface area contributed by atoms with E-state index in [-0.39, 0.29) is 0 Å². The van der Waals surface area contributed by atoms with Crippen LogP contribution in [0.3, 0.4) is 0 Å². The Kier molecular flexibility index (Phi) is 3.57. The van der Waals surface area contributed by atoms with Crippen LogP contribution in [0.25, 0.3) is 0 Å². The highest BCUT2D eigenvalue weighted by atomic mass is 32.2. The topological polar surface area (TPSA) is 9.23 Å². The maximum atomic E-state index is 5.42. The maximum Gasteiger partial charge on any atom is 0.100 e. The quantitative estimate of drug-likeness (QED) is 0.614. The van der Waals surface area contributed by atoms with Crippen molar-refractivity contribution >= 4 is 11.8 Å². The summed E-state index contributed by atoms with van der Waals surface area (Å²) in [4.78, 5) is 0. The van der Waals surface area contributed by atoms with E-state index in [1.165, 1.54) is 19.3 Å². The molecule has 0 aromatic carbocycles. The Bertz CT molecular complexity index is 93.3. The summed E-state index contributed by atoms with van der Waals surface area (Å²) in [5.74, 6) is 0. The Morgan fingerprint density at radius 3 is 3.00 bits per heavy atom. The molecule has 1 nitrogen and oxygen atoms in total. The summed E-state index contributed by atoms with van der Waals surface area (Å²) in [6.07, 6.45) is 3.92. The monoisotopic (exact) mass is 160 g/mol. The highest BCUT2D eigenvalue weighted by Crippen LogP contribution is 2.29. The Hall–Kier alpha value is 0.310. The van der Waals surface area contributed by atoms with E-state index in [9.17, 15) is 0 Å². The molecule has 1 rings (SSSR count). The normalized spacial score (nSPS) is 34.2. The van der Waals surface area contributed by atoms with Gasteiger partial charge in [-0.1, -0.05) is 13.3 Å². The lowest BCUT2D eigenvalue weighted by molar-refractivity contribution is 0.110. The van der Waals surface area contributed by atoms with Gasteiger partial charge >= 0.3 is 0 Å². The first-order valence-electron chi connectivity index (χ1n) is 4.10. The molecule has 2 unspecified atom stereocenters. The van der Waals surface area contributed by atoms with Gasteiger partial charge in [-0.25, -0.2) is 0 Å². The summed E-state index contributed by atoms with van der Waals surface area (Å²) < 4.78 is 5.42. The molecule has 0 aromatic heterocycles. The lowest BCUT2D eigenvalue weighted by Crippen LogP contribution is -2.20. The first-order chi connectivity index (χ1) is 4.83. The van der Waals surface area contributed by atoms with Crippen LogP contribution in [0.5, 0.6) is 0 Å². The number of rotatable bonds is 2. The van der Waals surface area contributed by atoms with Crippen molar-refractivity contribution in [2.75, 3.05) is 6.61 Å². The molecule has 0 radical (unpaired) electrons. The lowest BCUT2D eigenvalue weighted by Gasteiger charge is -2.26. The molecule has 60 valence electrons. The van der Waals surface area contributed by atoms with Crippen molar-refractivity contribution in [1.29, 1.82) is 0 Å². The van der Waals surface area contributed by atoms with Crippen molar-refractivity contribution < 1.29 is 4.74 Å². The zero-order valence-corrected chi connectivity index (χ0v) is 7.62. The van der Waals surface area contributed by atoms with Crippen LogP contribution < -0.4 is 0 Å². The molecule has 1 saturated heterocycles. The Labute approximate surface area is 67.5 Å². The minimum Gasteiger partial charge on any atom is -0.368 e. The number of hydrogen-bond donors (Lipinski definition) is 0. The van der Waals surface area contributed by atoms with Gasteiger partial charge in [-0.15, -0.1) is 11.8 Å². The molecule has 0 N–H and O–H groups in total. The molecule has 1 aliphatic rings. The van der Waals surface area contributed by atoms with Gasteiger partial charge in [0.2, 0.25) is 0 Å². The van der Waals surface area contributed by atoms with E-state index < -0.39 is 0 Å². The Morgan fingerprint density at radius 1 is 1.60 bits per heavy atom. The number of thioether (sulfide) groups is 1. The van der Waals surface area contributed by atoms with Gasteiger partial charge in [-0.2, -0.15) is 0 Å². The Balaban J connectivity index is 2.18. The fourth-order valence-electron chi connectivity index (χ4n) is 1.28. The van der Waals surface area contributed by atoms with Gasteiger partial charge in [0, 0.05) is 11.9 Å². The van der Waals surface area contributed by atoms with Gasteiger partial charge in [0.15, 0.2) is 0 Å². The summed E-state index contributed by atoms with van der Waals surface area (Å²) in [6.45, 7) is 5.37. The lowest BCUT2D eigenvalue weighted by atomic mass is 10.2. The molecule has 1 aliphatic heterocycles. The maximum absolute atomic E-state index is 5.42. The van der Waals surface area contributed by atoms with Crippen LogP contribution in [0.1, 0.15) is 33.1 Å². The molecular weight excluding hydrogens is 144 g/mol.